The van der Waals surface area contributed by atoms with Crippen molar-refractivity contribution in [1.82, 2.24) is 14.9 Å². The molecule has 100 valence electrons. The van der Waals surface area contributed by atoms with E-state index in [-0.39, 0.29) is 5.69 Å². The number of H-pyrrole nitrogens is 1. The van der Waals surface area contributed by atoms with Gasteiger partial charge in [-0.3, -0.25) is 4.57 Å². The van der Waals surface area contributed by atoms with Crippen LogP contribution in [0.1, 0.15) is 37.3 Å². The number of hydrogen-bond donors (Lipinski definition) is 2. The van der Waals surface area contributed by atoms with Gasteiger partial charge in [0.25, 0.3) is 0 Å². The van der Waals surface area contributed by atoms with E-state index in [1.807, 2.05) is 4.57 Å². The second-order valence-corrected chi connectivity index (χ2v) is 5.88. The third kappa shape index (κ3) is 2.00. The fourth-order valence-corrected chi connectivity index (χ4v) is 3.22. The highest BCUT2D eigenvalue weighted by Gasteiger charge is 2.27. The summed E-state index contributed by atoms with van der Waals surface area (Å²) in [6.45, 7) is 1.14. The predicted molar refractivity (Wildman–Crippen MR) is 75.6 cm³/mol. The quantitative estimate of drug-likeness (QED) is 0.883. The molecule has 0 spiro atoms. The lowest BCUT2D eigenvalue weighted by atomic mass is 10.0. The van der Waals surface area contributed by atoms with Crippen molar-refractivity contribution in [2.75, 3.05) is 6.54 Å². The molecule has 1 saturated heterocycles. The summed E-state index contributed by atoms with van der Waals surface area (Å²) in [6, 6.07) is 7.47. The van der Waals surface area contributed by atoms with Crippen LogP contribution in [0.15, 0.2) is 23.0 Å². The van der Waals surface area contributed by atoms with Crippen molar-refractivity contribution < 1.29 is 0 Å². The number of nitrogens with zero attached hydrogens (tertiary/aromatic N) is 1. The van der Waals surface area contributed by atoms with Crippen molar-refractivity contribution >= 4 is 11.0 Å². The van der Waals surface area contributed by atoms with E-state index in [0.717, 1.165) is 36.8 Å². The number of aromatic amines is 1. The molecule has 19 heavy (non-hydrogen) atoms. The normalized spacial score (nSPS) is 23.3. The van der Waals surface area contributed by atoms with Crippen LogP contribution in [0.4, 0.5) is 0 Å². The maximum atomic E-state index is 12.0. The Labute approximate surface area is 111 Å². The van der Waals surface area contributed by atoms with Gasteiger partial charge in [0.15, 0.2) is 0 Å². The van der Waals surface area contributed by atoms with E-state index in [1.165, 1.54) is 18.4 Å². The molecular formula is C15H19N3O. The molecular weight excluding hydrogens is 238 g/mol. The van der Waals surface area contributed by atoms with Crippen molar-refractivity contribution in [2.24, 2.45) is 0 Å². The van der Waals surface area contributed by atoms with E-state index in [4.69, 9.17) is 0 Å². The van der Waals surface area contributed by atoms with Gasteiger partial charge in [-0.1, -0.05) is 6.07 Å². The standard InChI is InChI=1S/C15H19N3O/c19-15-17-13-9-10(8-11-2-1-7-16-11)3-6-14(13)18(15)12-4-5-12/h3,6,9,11-12,16H,1-2,4-5,7-8H2,(H,17,19). The van der Waals surface area contributed by atoms with Crippen LogP contribution in [0, 0.1) is 0 Å². The van der Waals surface area contributed by atoms with Crippen molar-refractivity contribution in [2.45, 2.75) is 44.2 Å². The second-order valence-electron chi connectivity index (χ2n) is 5.88. The third-order valence-corrected chi connectivity index (χ3v) is 4.34. The minimum atomic E-state index is 0.0497. The van der Waals surface area contributed by atoms with E-state index < -0.39 is 0 Å². The highest BCUT2D eigenvalue weighted by molar-refractivity contribution is 5.76. The topological polar surface area (TPSA) is 49.8 Å². The first-order valence-electron chi connectivity index (χ1n) is 7.28. The molecule has 2 N–H and O–H groups in total. The zero-order valence-electron chi connectivity index (χ0n) is 11.0. The summed E-state index contributed by atoms with van der Waals surface area (Å²) in [6.07, 6.45) is 5.88. The Morgan fingerprint density at radius 1 is 1.26 bits per heavy atom. The summed E-state index contributed by atoms with van der Waals surface area (Å²) < 4.78 is 1.92. The number of benzene rings is 1. The zero-order chi connectivity index (χ0) is 12.8. The molecule has 4 nitrogen and oxygen atoms in total. The van der Waals surface area contributed by atoms with Gasteiger partial charge in [0.2, 0.25) is 0 Å². The average Bonchev–Trinajstić information content (AvgIpc) is 2.98. The van der Waals surface area contributed by atoms with Gasteiger partial charge >= 0.3 is 5.69 Å². The maximum absolute atomic E-state index is 12.0. The molecule has 4 rings (SSSR count). The van der Waals surface area contributed by atoms with Gasteiger partial charge in [-0.15, -0.1) is 0 Å². The number of rotatable bonds is 3. The minimum Gasteiger partial charge on any atom is -0.314 e. The Morgan fingerprint density at radius 3 is 2.89 bits per heavy atom. The van der Waals surface area contributed by atoms with Crippen LogP contribution in [0.5, 0.6) is 0 Å². The van der Waals surface area contributed by atoms with Crippen LogP contribution in [-0.2, 0) is 6.42 Å². The third-order valence-electron chi connectivity index (χ3n) is 4.34. The molecule has 1 aliphatic carbocycles. The summed E-state index contributed by atoms with van der Waals surface area (Å²) >= 11 is 0. The van der Waals surface area contributed by atoms with Gasteiger partial charge < -0.3 is 10.3 Å². The Kier molecular flexibility index (Phi) is 2.52. The van der Waals surface area contributed by atoms with Gasteiger partial charge in [-0.25, -0.2) is 4.79 Å². The summed E-state index contributed by atoms with van der Waals surface area (Å²) in [5, 5.41) is 3.52. The van der Waals surface area contributed by atoms with Crippen molar-refractivity contribution in [1.29, 1.82) is 0 Å². The van der Waals surface area contributed by atoms with Gasteiger partial charge in [0.1, 0.15) is 0 Å². The Morgan fingerprint density at radius 2 is 2.16 bits per heavy atom. The molecule has 0 amide bonds. The first kappa shape index (κ1) is 11.3. The molecule has 2 aromatic rings. The van der Waals surface area contributed by atoms with Gasteiger partial charge in [-0.05, 0) is 56.3 Å². The lowest BCUT2D eigenvalue weighted by Gasteiger charge is -2.10. The number of imidazole rings is 1. The molecule has 0 bridgehead atoms. The van der Waals surface area contributed by atoms with Gasteiger partial charge in [-0.2, -0.15) is 0 Å². The first-order chi connectivity index (χ1) is 9.31. The van der Waals surface area contributed by atoms with Gasteiger partial charge in [0, 0.05) is 12.1 Å². The van der Waals surface area contributed by atoms with Crippen LogP contribution < -0.4 is 11.0 Å². The van der Waals surface area contributed by atoms with E-state index in [1.54, 1.807) is 0 Å². The highest BCUT2D eigenvalue weighted by atomic mass is 16.1. The van der Waals surface area contributed by atoms with Crippen LogP contribution in [0.2, 0.25) is 0 Å². The molecule has 4 heteroatoms. The number of hydrogen-bond acceptors (Lipinski definition) is 2. The monoisotopic (exact) mass is 257 g/mol. The molecule has 1 aromatic heterocycles. The number of aromatic nitrogens is 2. The molecule has 0 radical (unpaired) electrons. The summed E-state index contributed by atoms with van der Waals surface area (Å²) in [4.78, 5) is 15.0. The molecule has 1 aromatic carbocycles. The molecule has 1 unspecified atom stereocenters. The Bertz CT molecular complexity index is 660. The zero-order valence-corrected chi connectivity index (χ0v) is 11.0. The molecule has 2 fully saturated rings. The van der Waals surface area contributed by atoms with E-state index in [0.29, 0.717) is 12.1 Å². The average molecular weight is 257 g/mol. The van der Waals surface area contributed by atoms with Crippen LogP contribution in [-0.4, -0.2) is 22.1 Å². The SMILES string of the molecule is O=c1[nH]c2cc(CC3CCCN3)ccc2n1C1CC1. The van der Waals surface area contributed by atoms with E-state index in [2.05, 4.69) is 28.5 Å². The van der Waals surface area contributed by atoms with Crippen LogP contribution in [0.25, 0.3) is 11.0 Å². The fraction of sp³-hybridized carbons (Fsp3) is 0.533. The summed E-state index contributed by atoms with van der Waals surface area (Å²) in [5.41, 5.74) is 3.42. The molecule has 2 heterocycles. The van der Waals surface area contributed by atoms with Crippen LogP contribution >= 0.6 is 0 Å². The van der Waals surface area contributed by atoms with E-state index in [9.17, 15) is 4.79 Å². The van der Waals surface area contributed by atoms with Gasteiger partial charge in [0.05, 0.1) is 11.0 Å². The maximum Gasteiger partial charge on any atom is 0.326 e. The second kappa shape index (κ2) is 4.23. The number of fused-ring (bicyclic) bond motifs is 1. The highest BCUT2D eigenvalue weighted by Crippen LogP contribution is 2.35. The molecule has 1 atom stereocenters. The molecule has 1 saturated carbocycles. The lowest BCUT2D eigenvalue weighted by Crippen LogP contribution is -2.23. The summed E-state index contributed by atoms with van der Waals surface area (Å²) in [7, 11) is 0. The predicted octanol–water partition coefficient (Wildman–Crippen LogP) is 1.96. The smallest absolute Gasteiger partial charge is 0.314 e. The van der Waals surface area contributed by atoms with Crippen molar-refractivity contribution in [3.63, 3.8) is 0 Å². The van der Waals surface area contributed by atoms with Crippen LogP contribution in [0.3, 0.4) is 0 Å². The van der Waals surface area contributed by atoms with Crippen molar-refractivity contribution in [3.05, 3.63) is 34.2 Å². The number of nitrogens with one attached hydrogen (secondary N) is 2. The molecule has 2 aliphatic rings. The molecule has 1 aliphatic heterocycles. The first-order valence-corrected chi connectivity index (χ1v) is 7.28. The fourth-order valence-electron chi connectivity index (χ4n) is 3.22. The Balaban J connectivity index is 1.69. The largest absolute Gasteiger partial charge is 0.326 e. The van der Waals surface area contributed by atoms with Crippen molar-refractivity contribution in [3.8, 4) is 0 Å². The minimum absolute atomic E-state index is 0.0497. The van der Waals surface area contributed by atoms with E-state index >= 15 is 0 Å². The lowest BCUT2D eigenvalue weighted by molar-refractivity contribution is 0.603. The summed E-state index contributed by atoms with van der Waals surface area (Å²) in [5.74, 6) is 0. The Hall–Kier alpha value is -1.55.